The Bertz CT molecular complexity index is 285. The summed E-state index contributed by atoms with van der Waals surface area (Å²) < 4.78 is 4.81. The van der Waals surface area contributed by atoms with Crippen LogP contribution in [0.3, 0.4) is 0 Å². The minimum atomic E-state index is -0.484. The van der Waals surface area contributed by atoms with Crippen LogP contribution in [-0.2, 0) is 14.3 Å². The van der Waals surface area contributed by atoms with Crippen LogP contribution in [0.2, 0.25) is 0 Å². The average molecular weight is 242 g/mol. The lowest BCUT2D eigenvalue weighted by Gasteiger charge is -2.35. The number of hydrogen-bond donors (Lipinski definition) is 1. The van der Waals surface area contributed by atoms with Crippen molar-refractivity contribution >= 4 is 11.9 Å². The molecule has 2 unspecified atom stereocenters. The highest BCUT2D eigenvalue weighted by molar-refractivity contribution is 5.83. The summed E-state index contributed by atoms with van der Waals surface area (Å²) >= 11 is 0. The maximum Gasteiger partial charge on any atom is 0.328 e. The van der Waals surface area contributed by atoms with Crippen molar-refractivity contribution in [2.75, 3.05) is 20.2 Å². The van der Waals surface area contributed by atoms with Gasteiger partial charge in [-0.3, -0.25) is 4.79 Å². The number of nitrogens with zero attached hydrogens (tertiary/aromatic N) is 1. The molecule has 1 N–H and O–H groups in total. The third-order valence-corrected chi connectivity index (χ3v) is 3.17. The number of carbonyl (C=O) groups excluding carboxylic acids is 2. The van der Waals surface area contributed by atoms with Gasteiger partial charge in [0, 0.05) is 19.5 Å². The fourth-order valence-corrected chi connectivity index (χ4v) is 2.38. The van der Waals surface area contributed by atoms with E-state index in [-0.39, 0.29) is 23.8 Å². The minimum Gasteiger partial charge on any atom is -0.467 e. The highest BCUT2D eigenvalue weighted by Crippen LogP contribution is 2.19. The van der Waals surface area contributed by atoms with Gasteiger partial charge in [-0.05, 0) is 18.9 Å². The first kappa shape index (κ1) is 14.0. The van der Waals surface area contributed by atoms with E-state index in [0.29, 0.717) is 0 Å². The molecule has 0 bridgehead atoms. The molecule has 2 atom stereocenters. The maximum atomic E-state index is 11.8. The van der Waals surface area contributed by atoms with Gasteiger partial charge in [0.1, 0.15) is 6.04 Å². The lowest BCUT2D eigenvalue weighted by molar-refractivity contribution is -0.156. The Morgan fingerprint density at radius 2 is 2.06 bits per heavy atom. The third-order valence-electron chi connectivity index (χ3n) is 3.17. The molecular formula is C12H22N2O3. The van der Waals surface area contributed by atoms with Crippen LogP contribution < -0.4 is 5.32 Å². The summed E-state index contributed by atoms with van der Waals surface area (Å²) in [6.45, 7) is 7.01. The van der Waals surface area contributed by atoms with Crippen molar-refractivity contribution in [3.63, 3.8) is 0 Å². The molecule has 0 aromatic rings. The lowest BCUT2D eigenvalue weighted by Crippen LogP contribution is -2.53. The molecule has 17 heavy (non-hydrogen) atoms. The van der Waals surface area contributed by atoms with Gasteiger partial charge in [0.25, 0.3) is 0 Å². The number of amides is 1. The quantitative estimate of drug-likeness (QED) is 0.725. The second kappa shape index (κ2) is 6.00. The highest BCUT2D eigenvalue weighted by atomic mass is 16.5. The van der Waals surface area contributed by atoms with E-state index in [0.717, 1.165) is 19.5 Å². The number of hydrogen-bond acceptors (Lipinski definition) is 4. The molecule has 1 heterocycles. The van der Waals surface area contributed by atoms with Gasteiger partial charge in [-0.25, -0.2) is 4.79 Å². The molecule has 1 amide bonds. The average Bonchev–Trinajstić information content (AvgIpc) is 2.76. The lowest BCUT2D eigenvalue weighted by atomic mass is 10.00. The van der Waals surface area contributed by atoms with Gasteiger partial charge in [-0.1, -0.05) is 13.8 Å². The van der Waals surface area contributed by atoms with Crippen molar-refractivity contribution in [1.82, 2.24) is 10.2 Å². The number of methoxy groups -OCH3 is 1. The first-order valence-electron chi connectivity index (χ1n) is 6.06. The number of nitrogens with one attached hydrogen (secondary N) is 1. The number of carbonyl (C=O) groups is 2. The molecule has 1 rings (SSSR count). The van der Waals surface area contributed by atoms with Crippen LogP contribution in [0, 0.1) is 5.92 Å². The molecule has 0 radical (unpaired) electrons. The van der Waals surface area contributed by atoms with Gasteiger partial charge in [0.05, 0.1) is 7.11 Å². The third kappa shape index (κ3) is 3.19. The minimum absolute atomic E-state index is 0.0481. The summed E-state index contributed by atoms with van der Waals surface area (Å²) in [6, 6.07) is -0.388. The Morgan fingerprint density at radius 1 is 1.41 bits per heavy atom. The summed E-state index contributed by atoms with van der Waals surface area (Å²) in [6.07, 6.45) is 0.889. The van der Waals surface area contributed by atoms with Crippen LogP contribution in [0.15, 0.2) is 0 Å². The first-order valence-corrected chi connectivity index (χ1v) is 6.06. The Morgan fingerprint density at radius 3 is 2.41 bits per heavy atom. The van der Waals surface area contributed by atoms with Gasteiger partial charge in [-0.2, -0.15) is 0 Å². The second-order valence-corrected chi connectivity index (χ2v) is 4.78. The smallest absolute Gasteiger partial charge is 0.328 e. The van der Waals surface area contributed by atoms with E-state index >= 15 is 0 Å². The molecule has 0 saturated carbocycles. The fourth-order valence-electron chi connectivity index (χ4n) is 2.38. The van der Waals surface area contributed by atoms with Crippen LogP contribution in [0.4, 0.5) is 0 Å². The highest BCUT2D eigenvalue weighted by Gasteiger charge is 2.37. The van der Waals surface area contributed by atoms with Crippen LogP contribution in [0.1, 0.15) is 27.2 Å². The van der Waals surface area contributed by atoms with E-state index in [2.05, 4.69) is 5.32 Å². The zero-order chi connectivity index (χ0) is 13.0. The van der Waals surface area contributed by atoms with Crippen LogP contribution in [-0.4, -0.2) is 49.1 Å². The van der Waals surface area contributed by atoms with Crippen LogP contribution in [0.5, 0.6) is 0 Å². The molecule has 0 spiro atoms. The van der Waals surface area contributed by atoms with E-state index in [1.54, 1.807) is 4.90 Å². The standard InChI is InChI=1S/C12H22N2O3/c1-8(2)11(12(16)17-4)14(9(3)15)10-5-6-13-7-10/h8,10-11,13H,5-7H2,1-4H3. The zero-order valence-corrected chi connectivity index (χ0v) is 11.0. The van der Waals surface area contributed by atoms with Crippen molar-refractivity contribution in [1.29, 1.82) is 0 Å². The second-order valence-electron chi connectivity index (χ2n) is 4.78. The monoisotopic (exact) mass is 242 g/mol. The van der Waals surface area contributed by atoms with Gasteiger partial charge >= 0.3 is 5.97 Å². The van der Waals surface area contributed by atoms with E-state index in [9.17, 15) is 9.59 Å². The normalized spacial score (nSPS) is 21.4. The van der Waals surface area contributed by atoms with Crippen molar-refractivity contribution in [2.24, 2.45) is 5.92 Å². The molecule has 0 aromatic heterocycles. The number of ether oxygens (including phenoxy) is 1. The molecule has 5 heteroatoms. The molecule has 1 aliphatic rings. The predicted molar refractivity (Wildman–Crippen MR) is 64.4 cm³/mol. The van der Waals surface area contributed by atoms with Crippen molar-refractivity contribution in [3.8, 4) is 0 Å². The van der Waals surface area contributed by atoms with Gasteiger partial charge in [-0.15, -0.1) is 0 Å². The summed E-state index contributed by atoms with van der Waals surface area (Å²) in [5, 5.41) is 3.21. The Balaban J connectivity index is 2.92. The zero-order valence-electron chi connectivity index (χ0n) is 11.0. The molecule has 98 valence electrons. The van der Waals surface area contributed by atoms with Gasteiger partial charge in [0.15, 0.2) is 0 Å². The molecule has 5 nitrogen and oxygen atoms in total. The Hall–Kier alpha value is -1.10. The van der Waals surface area contributed by atoms with E-state index in [4.69, 9.17) is 4.74 Å². The summed E-state index contributed by atoms with van der Waals surface area (Å²) in [5.41, 5.74) is 0. The topological polar surface area (TPSA) is 58.6 Å². The Labute approximate surface area is 102 Å². The van der Waals surface area contributed by atoms with Gasteiger partial charge in [0.2, 0.25) is 5.91 Å². The van der Waals surface area contributed by atoms with Crippen LogP contribution in [0.25, 0.3) is 0 Å². The van der Waals surface area contributed by atoms with E-state index in [1.807, 2.05) is 13.8 Å². The van der Waals surface area contributed by atoms with E-state index < -0.39 is 6.04 Å². The van der Waals surface area contributed by atoms with Crippen LogP contribution >= 0.6 is 0 Å². The van der Waals surface area contributed by atoms with E-state index in [1.165, 1.54) is 14.0 Å². The molecule has 1 aliphatic heterocycles. The van der Waals surface area contributed by atoms with Crippen molar-refractivity contribution < 1.29 is 14.3 Å². The number of esters is 1. The predicted octanol–water partition coefficient (Wildman–Crippen LogP) is 0.394. The fraction of sp³-hybridized carbons (Fsp3) is 0.833. The molecule has 0 aromatic carbocycles. The van der Waals surface area contributed by atoms with Crippen molar-refractivity contribution in [2.45, 2.75) is 39.3 Å². The molecule has 1 fully saturated rings. The molecule has 1 saturated heterocycles. The summed E-state index contributed by atoms with van der Waals surface area (Å²) in [7, 11) is 1.36. The molecular weight excluding hydrogens is 220 g/mol. The molecule has 0 aliphatic carbocycles. The largest absolute Gasteiger partial charge is 0.467 e. The number of rotatable bonds is 4. The first-order chi connectivity index (χ1) is 7.99. The SMILES string of the molecule is COC(=O)C(C(C)C)N(C(C)=O)C1CCNC1. The summed E-state index contributed by atoms with van der Waals surface area (Å²) in [4.78, 5) is 25.3. The Kier molecular flexibility index (Phi) is 4.93. The summed E-state index contributed by atoms with van der Waals surface area (Å²) in [5.74, 6) is -0.350. The van der Waals surface area contributed by atoms with Crippen molar-refractivity contribution in [3.05, 3.63) is 0 Å². The maximum absolute atomic E-state index is 11.8. The van der Waals surface area contributed by atoms with Gasteiger partial charge < -0.3 is 15.0 Å².